The van der Waals surface area contributed by atoms with E-state index in [-0.39, 0.29) is 6.04 Å². The summed E-state index contributed by atoms with van der Waals surface area (Å²) < 4.78 is 13.1. The molecular weight excluding hydrogens is 239 g/mol. The molecule has 2 nitrogen and oxygen atoms in total. The lowest BCUT2D eigenvalue weighted by Crippen LogP contribution is -2.10. The fourth-order valence-electron chi connectivity index (χ4n) is 2.24. The van der Waals surface area contributed by atoms with Gasteiger partial charge in [0.05, 0.1) is 6.04 Å². The molecule has 19 heavy (non-hydrogen) atoms. The average molecular weight is 258 g/mol. The molecule has 1 unspecified atom stereocenters. The van der Waals surface area contributed by atoms with Crippen molar-refractivity contribution in [3.63, 3.8) is 0 Å². The van der Waals surface area contributed by atoms with Crippen molar-refractivity contribution >= 4 is 5.82 Å². The lowest BCUT2D eigenvalue weighted by atomic mass is 9.96. The maximum Gasteiger partial charge on any atom is 0.214 e. The molecule has 2 aromatic rings. The highest BCUT2D eigenvalue weighted by Gasteiger charge is 2.10. The Morgan fingerprint density at radius 2 is 1.74 bits per heavy atom. The first-order valence-electron chi connectivity index (χ1n) is 6.44. The van der Waals surface area contributed by atoms with Gasteiger partial charge in [-0.05, 0) is 62.1 Å². The predicted molar refractivity (Wildman–Crippen MR) is 76.9 cm³/mol. The fraction of sp³-hybridized carbons (Fsp3) is 0.312. The van der Waals surface area contributed by atoms with Crippen LogP contribution < -0.4 is 5.32 Å². The van der Waals surface area contributed by atoms with Gasteiger partial charge in [-0.15, -0.1) is 0 Å². The van der Waals surface area contributed by atoms with Crippen LogP contribution in [0.4, 0.5) is 10.2 Å². The van der Waals surface area contributed by atoms with Gasteiger partial charge in [0.25, 0.3) is 0 Å². The summed E-state index contributed by atoms with van der Waals surface area (Å²) in [6.07, 6.45) is 0. The molecule has 0 spiro atoms. The van der Waals surface area contributed by atoms with E-state index in [2.05, 4.69) is 50.1 Å². The lowest BCUT2D eigenvalue weighted by Gasteiger charge is -2.19. The summed E-state index contributed by atoms with van der Waals surface area (Å²) in [7, 11) is 0. The van der Waals surface area contributed by atoms with Crippen LogP contribution in [0.3, 0.4) is 0 Å². The van der Waals surface area contributed by atoms with Crippen molar-refractivity contribution in [2.75, 3.05) is 5.32 Å². The third-order valence-electron chi connectivity index (χ3n) is 3.43. The zero-order chi connectivity index (χ0) is 14.0. The third kappa shape index (κ3) is 3.11. The van der Waals surface area contributed by atoms with E-state index in [9.17, 15) is 4.39 Å². The number of nitrogens with zero attached hydrogens (tertiary/aromatic N) is 1. The van der Waals surface area contributed by atoms with Crippen molar-refractivity contribution in [2.24, 2.45) is 0 Å². The Balaban J connectivity index is 2.25. The number of rotatable bonds is 3. The monoisotopic (exact) mass is 258 g/mol. The van der Waals surface area contributed by atoms with E-state index in [4.69, 9.17) is 0 Å². The van der Waals surface area contributed by atoms with Gasteiger partial charge in [-0.1, -0.05) is 18.2 Å². The highest BCUT2D eigenvalue weighted by molar-refractivity contribution is 5.43. The molecule has 0 aliphatic heterocycles. The van der Waals surface area contributed by atoms with Crippen LogP contribution in [0.2, 0.25) is 0 Å². The summed E-state index contributed by atoms with van der Waals surface area (Å²) >= 11 is 0. The summed E-state index contributed by atoms with van der Waals surface area (Å²) in [6, 6.07) is 9.23. The SMILES string of the molecule is Cc1cc(C)c(C(C)Nc2cccc(F)n2)cc1C. The molecule has 0 amide bonds. The first-order valence-corrected chi connectivity index (χ1v) is 6.44. The van der Waals surface area contributed by atoms with E-state index in [1.165, 1.54) is 28.3 Å². The number of hydrogen-bond donors (Lipinski definition) is 1. The maximum atomic E-state index is 13.1. The highest BCUT2D eigenvalue weighted by atomic mass is 19.1. The molecule has 3 heteroatoms. The van der Waals surface area contributed by atoms with Gasteiger partial charge in [0.2, 0.25) is 5.95 Å². The lowest BCUT2D eigenvalue weighted by molar-refractivity contribution is 0.584. The number of pyridine rings is 1. The van der Waals surface area contributed by atoms with Crippen LogP contribution in [0, 0.1) is 26.7 Å². The molecule has 1 N–H and O–H groups in total. The Morgan fingerprint density at radius 3 is 2.42 bits per heavy atom. The normalized spacial score (nSPS) is 12.3. The van der Waals surface area contributed by atoms with Crippen LogP contribution in [0.5, 0.6) is 0 Å². The van der Waals surface area contributed by atoms with Gasteiger partial charge in [-0.2, -0.15) is 4.39 Å². The molecule has 0 radical (unpaired) electrons. The maximum absolute atomic E-state index is 13.1. The van der Waals surface area contributed by atoms with Crippen LogP contribution in [0.25, 0.3) is 0 Å². The van der Waals surface area contributed by atoms with Crippen molar-refractivity contribution in [2.45, 2.75) is 33.7 Å². The molecule has 0 saturated heterocycles. The first kappa shape index (κ1) is 13.5. The first-order chi connectivity index (χ1) is 8.97. The van der Waals surface area contributed by atoms with E-state index in [1.807, 2.05) is 0 Å². The second-order valence-electron chi connectivity index (χ2n) is 5.00. The van der Waals surface area contributed by atoms with Crippen LogP contribution >= 0.6 is 0 Å². The molecule has 0 bridgehead atoms. The quantitative estimate of drug-likeness (QED) is 0.829. The number of benzene rings is 1. The molecule has 100 valence electrons. The smallest absolute Gasteiger partial charge is 0.214 e. The Bertz CT molecular complexity index is 593. The molecule has 0 saturated carbocycles. The molecule has 0 fully saturated rings. The number of aryl methyl sites for hydroxylation is 3. The molecule has 0 aliphatic rings. The molecule has 1 aromatic heterocycles. The second kappa shape index (κ2) is 5.39. The van der Waals surface area contributed by atoms with Gasteiger partial charge in [-0.25, -0.2) is 4.98 Å². The van der Waals surface area contributed by atoms with E-state index in [1.54, 1.807) is 12.1 Å². The zero-order valence-electron chi connectivity index (χ0n) is 11.8. The predicted octanol–water partition coefficient (Wildman–Crippen LogP) is 4.32. The Labute approximate surface area is 113 Å². The van der Waals surface area contributed by atoms with E-state index < -0.39 is 5.95 Å². The second-order valence-corrected chi connectivity index (χ2v) is 5.00. The summed E-state index contributed by atoms with van der Waals surface area (Å²) in [5.74, 6) is 0.0964. The minimum absolute atomic E-state index is 0.0913. The van der Waals surface area contributed by atoms with E-state index in [0.29, 0.717) is 5.82 Å². The van der Waals surface area contributed by atoms with Crippen molar-refractivity contribution in [3.8, 4) is 0 Å². The van der Waals surface area contributed by atoms with Gasteiger partial charge in [-0.3, -0.25) is 0 Å². The Morgan fingerprint density at radius 1 is 1.05 bits per heavy atom. The van der Waals surface area contributed by atoms with E-state index in [0.717, 1.165) is 0 Å². The standard InChI is InChI=1S/C16H19FN2/c1-10-8-12(3)14(9-11(10)2)13(4)18-16-7-5-6-15(17)19-16/h5-9,13H,1-4H3,(H,18,19). The number of halogens is 1. The van der Waals surface area contributed by atoms with Crippen LogP contribution in [-0.4, -0.2) is 4.98 Å². The van der Waals surface area contributed by atoms with Crippen LogP contribution in [0.1, 0.15) is 35.2 Å². The summed E-state index contributed by atoms with van der Waals surface area (Å²) in [5.41, 5.74) is 5.01. The van der Waals surface area contributed by atoms with Crippen molar-refractivity contribution in [1.29, 1.82) is 0 Å². The summed E-state index contributed by atoms with van der Waals surface area (Å²) in [6.45, 7) is 8.37. The Kier molecular flexibility index (Phi) is 3.84. The number of nitrogens with one attached hydrogen (secondary N) is 1. The highest BCUT2D eigenvalue weighted by Crippen LogP contribution is 2.24. The molecule has 1 aromatic carbocycles. The minimum Gasteiger partial charge on any atom is -0.363 e. The van der Waals surface area contributed by atoms with Gasteiger partial charge in [0.1, 0.15) is 5.82 Å². The summed E-state index contributed by atoms with van der Waals surface area (Å²) in [5, 5.41) is 3.24. The molecule has 1 heterocycles. The van der Waals surface area contributed by atoms with E-state index >= 15 is 0 Å². The third-order valence-corrected chi connectivity index (χ3v) is 3.43. The van der Waals surface area contributed by atoms with Crippen molar-refractivity contribution < 1.29 is 4.39 Å². The number of aromatic nitrogens is 1. The number of hydrogen-bond acceptors (Lipinski definition) is 2. The van der Waals surface area contributed by atoms with Crippen LogP contribution in [0.15, 0.2) is 30.3 Å². The van der Waals surface area contributed by atoms with Gasteiger partial charge < -0.3 is 5.32 Å². The molecule has 0 aliphatic carbocycles. The van der Waals surface area contributed by atoms with Crippen molar-refractivity contribution in [3.05, 3.63) is 58.5 Å². The molecule has 1 atom stereocenters. The molecular formula is C16H19FN2. The largest absolute Gasteiger partial charge is 0.363 e. The zero-order valence-corrected chi connectivity index (χ0v) is 11.8. The average Bonchev–Trinajstić information content (AvgIpc) is 2.33. The summed E-state index contributed by atoms with van der Waals surface area (Å²) in [4.78, 5) is 3.83. The number of anilines is 1. The fourth-order valence-corrected chi connectivity index (χ4v) is 2.24. The van der Waals surface area contributed by atoms with Gasteiger partial charge in [0.15, 0.2) is 0 Å². The van der Waals surface area contributed by atoms with Gasteiger partial charge in [0, 0.05) is 0 Å². The Hall–Kier alpha value is -1.90. The van der Waals surface area contributed by atoms with Gasteiger partial charge >= 0.3 is 0 Å². The topological polar surface area (TPSA) is 24.9 Å². The van der Waals surface area contributed by atoms with Crippen molar-refractivity contribution in [1.82, 2.24) is 4.98 Å². The minimum atomic E-state index is -0.464. The molecule has 2 rings (SSSR count). The van der Waals surface area contributed by atoms with Crippen LogP contribution in [-0.2, 0) is 0 Å².